The highest BCUT2D eigenvalue weighted by Gasteiger charge is 2.15. The first-order valence-electron chi connectivity index (χ1n) is 5.87. The Labute approximate surface area is 130 Å². The van der Waals surface area contributed by atoms with E-state index in [1.54, 1.807) is 11.8 Å². The van der Waals surface area contributed by atoms with E-state index in [2.05, 4.69) is 53.5 Å². The van der Waals surface area contributed by atoms with Gasteiger partial charge in [-0.25, -0.2) is 0 Å². The van der Waals surface area contributed by atoms with Crippen molar-refractivity contribution in [2.75, 3.05) is 5.73 Å². The highest BCUT2D eigenvalue weighted by molar-refractivity contribution is 14.1. The van der Waals surface area contributed by atoms with E-state index in [0.717, 1.165) is 14.9 Å². The van der Waals surface area contributed by atoms with Crippen molar-refractivity contribution in [3.8, 4) is 11.5 Å². The van der Waals surface area contributed by atoms with Gasteiger partial charge in [-0.05, 0) is 40.8 Å². The Balaban J connectivity index is 2.19. The fourth-order valence-corrected chi connectivity index (χ4v) is 2.59. The molecule has 0 saturated heterocycles. The summed E-state index contributed by atoms with van der Waals surface area (Å²) in [6.45, 7) is 6.49. The van der Waals surface area contributed by atoms with Crippen LogP contribution in [0.4, 0.5) is 5.69 Å². The van der Waals surface area contributed by atoms with Crippen molar-refractivity contribution in [1.29, 1.82) is 0 Å². The van der Waals surface area contributed by atoms with Gasteiger partial charge in [-0.2, -0.15) is 4.98 Å². The van der Waals surface area contributed by atoms with E-state index in [0.29, 0.717) is 17.4 Å². The maximum atomic E-state index is 5.94. The molecule has 0 atom stereocenters. The number of thioether (sulfide) groups is 1. The smallest absolute Gasteiger partial charge is 0.260 e. The average Bonchev–Trinajstić information content (AvgIpc) is 2.77. The highest BCUT2D eigenvalue weighted by Crippen LogP contribution is 2.29. The minimum atomic E-state index is 0.182. The average molecular weight is 389 g/mol. The number of nitrogens with zero attached hydrogens (tertiary/aromatic N) is 2. The van der Waals surface area contributed by atoms with Crippen LogP contribution in [0.3, 0.4) is 0 Å². The van der Waals surface area contributed by atoms with Crippen molar-refractivity contribution in [2.24, 2.45) is 0 Å². The zero-order valence-corrected chi connectivity index (χ0v) is 14.1. The predicted octanol–water partition coefficient (Wildman–Crippen LogP) is 3.96. The maximum Gasteiger partial charge on any atom is 0.260 e. The molecule has 2 aromatic rings. The lowest BCUT2D eigenvalue weighted by Crippen LogP contribution is -2.07. The second kappa shape index (κ2) is 5.70. The lowest BCUT2D eigenvalue weighted by molar-refractivity contribution is 0.425. The third-order valence-electron chi connectivity index (χ3n) is 2.35. The van der Waals surface area contributed by atoms with Gasteiger partial charge in [-0.1, -0.05) is 25.9 Å². The van der Waals surface area contributed by atoms with Gasteiger partial charge in [0.15, 0.2) is 5.82 Å². The van der Waals surface area contributed by atoms with Crippen LogP contribution in [0.1, 0.15) is 26.6 Å². The minimum Gasteiger partial charge on any atom is -0.398 e. The summed E-state index contributed by atoms with van der Waals surface area (Å²) in [5, 5.41) is 4.00. The van der Waals surface area contributed by atoms with E-state index in [9.17, 15) is 0 Å². The number of anilines is 1. The van der Waals surface area contributed by atoms with Gasteiger partial charge in [0.25, 0.3) is 5.89 Å². The molecule has 2 rings (SSSR count). The van der Waals surface area contributed by atoms with Crippen molar-refractivity contribution in [3.05, 3.63) is 27.6 Å². The Morgan fingerprint density at radius 2 is 2.11 bits per heavy atom. The highest BCUT2D eigenvalue weighted by atomic mass is 127. The van der Waals surface area contributed by atoms with Gasteiger partial charge in [-0.15, -0.1) is 11.8 Å². The first-order valence-corrected chi connectivity index (χ1v) is 7.93. The van der Waals surface area contributed by atoms with Crippen LogP contribution in [0.2, 0.25) is 0 Å². The van der Waals surface area contributed by atoms with Crippen molar-refractivity contribution in [2.45, 2.75) is 31.3 Å². The summed E-state index contributed by atoms with van der Waals surface area (Å²) < 4.78 is 6.56. The second-order valence-corrected chi connectivity index (χ2v) is 8.20. The number of halogens is 1. The normalized spacial score (nSPS) is 11.8. The summed E-state index contributed by atoms with van der Waals surface area (Å²) in [6.07, 6.45) is 0. The minimum absolute atomic E-state index is 0.182. The molecule has 0 radical (unpaired) electrons. The van der Waals surface area contributed by atoms with Crippen molar-refractivity contribution >= 4 is 40.0 Å². The molecule has 4 nitrogen and oxygen atoms in total. The molecule has 0 saturated carbocycles. The van der Waals surface area contributed by atoms with E-state index >= 15 is 0 Å². The van der Waals surface area contributed by atoms with Crippen LogP contribution in [-0.2, 0) is 5.75 Å². The Kier molecular flexibility index (Phi) is 4.39. The molecule has 0 spiro atoms. The molecule has 0 bridgehead atoms. The number of nitrogens with two attached hydrogens (primary N) is 1. The van der Waals surface area contributed by atoms with Crippen LogP contribution in [0.5, 0.6) is 0 Å². The van der Waals surface area contributed by atoms with Gasteiger partial charge in [0.1, 0.15) is 0 Å². The van der Waals surface area contributed by atoms with Crippen LogP contribution in [0.25, 0.3) is 11.5 Å². The molecule has 0 aliphatic rings. The molecule has 0 unspecified atom stereocenters. The molecule has 102 valence electrons. The quantitative estimate of drug-likeness (QED) is 0.636. The SMILES string of the molecule is CC(C)(C)SCc1noc(-c2cc(I)ccc2N)n1. The van der Waals surface area contributed by atoms with Crippen LogP contribution in [-0.4, -0.2) is 14.9 Å². The zero-order valence-electron chi connectivity index (χ0n) is 11.1. The van der Waals surface area contributed by atoms with Crippen molar-refractivity contribution in [1.82, 2.24) is 10.1 Å². The number of aromatic nitrogens is 2. The number of nitrogen functional groups attached to an aromatic ring is 1. The van der Waals surface area contributed by atoms with E-state index in [1.807, 2.05) is 18.2 Å². The zero-order chi connectivity index (χ0) is 14.0. The number of benzene rings is 1. The summed E-state index contributed by atoms with van der Waals surface area (Å²) in [7, 11) is 0. The number of rotatable bonds is 3. The summed E-state index contributed by atoms with van der Waals surface area (Å²) in [6, 6.07) is 5.75. The molecule has 1 heterocycles. The van der Waals surface area contributed by atoms with Gasteiger partial charge in [0, 0.05) is 14.0 Å². The summed E-state index contributed by atoms with van der Waals surface area (Å²) in [4.78, 5) is 4.40. The van der Waals surface area contributed by atoms with Crippen LogP contribution in [0.15, 0.2) is 22.7 Å². The van der Waals surface area contributed by atoms with Crippen LogP contribution in [0, 0.1) is 3.57 Å². The Bertz CT molecular complexity index is 578. The van der Waals surface area contributed by atoms with Gasteiger partial charge >= 0.3 is 0 Å². The van der Waals surface area contributed by atoms with Gasteiger partial charge in [-0.3, -0.25) is 0 Å². The van der Waals surface area contributed by atoms with Gasteiger partial charge < -0.3 is 10.3 Å². The molecular formula is C13H16IN3OS. The monoisotopic (exact) mass is 389 g/mol. The van der Waals surface area contributed by atoms with E-state index in [4.69, 9.17) is 10.3 Å². The van der Waals surface area contributed by atoms with Gasteiger partial charge in [0.05, 0.1) is 11.3 Å². The third kappa shape index (κ3) is 4.10. The first-order chi connectivity index (χ1) is 8.85. The first kappa shape index (κ1) is 14.6. The van der Waals surface area contributed by atoms with Crippen LogP contribution < -0.4 is 5.73 Å². The Hall–Kier alpha value is -0.760. The number of hydrogen-bond donors (Lipinski definition) is 1. The molecule has 6 heteroatoms. The summed E-state index contributed by atoms with van der Waals surface area (Å²) >= 11 is 4.02. The molecule has 1 aromatic carbocycles. The van der Waals surface area contributed by atoms with E-state index < -0.39 is 0 Å². The Morgan fingerprint density at radius 1 is 1.37 bits per heavy atom. The van der Waals surface area contributed by atoms with Crippen LogP contribution >= 0.6 is 34.4 Å². The molecule has 0 fully saturated rings. The molecule has 19 heavy (non-hydrogen) atoms. The summed E-state index contributed by atoms with van der Waals surface area (Å²) in [5.74, 6) is 1.92. The molecular weight excluding hydrogens is 373 g/mol. The topological polar surface area (TPSA) is 64.9 Å². The maximum absolute atomic E-state index is 5.94. The lowest BCUT2D eigenvalue weighted by atomic mass is 10.2. The number of hydrogen-bond acceptors (Lipinski definition) is 5. The molecule has 0 aliphatic carbocycles. The van der Waals surface area contributed by atoms with Crippen molar-refractivity contribution < 1.29 is 4.52 Å². The Morgan fingerprint density at radius 3 is 2.79 bits per heavy atom. The molecule has 1 aromatic heterocycles. The van der Waals surface area contributed by atoms with E-state index in [-0.39, 0.29) is 4.75 Å². The van der Waals surface area contributed by atoms with E-state index in [1.165, 1.54) is 0 Å². The largest absolute Gasteiger partial charge is 0.398 e. The molecule has 0 amide bonds. The molecule has 0 aliphatic heterocycles. The second-order valence-electron chi connectivity index (χ2n) is 5.15. The fraction of sp³-hybridized carbons (Fsp3) is 0.385. The third-order valence-corrected chi connectivity index (χ3v) is 4.29. The fourth-order valence-electron chi connectivity index (χ4n) is 1.42. The summed E-state index contributed by atoms with van der Waals surface area (Å²) in [5.41, 5.74) is 7.39. The van der Waals surface area contributed by atoms with Crippen molar-refractivity contribution in [3.63, 3.8) is 0 Å². The predicted molar refractivity (Wildman–Crippen MR) is 87.9 cm³/mol. The molecule has 2 N–H and O–H groups in total. The van der Waals surface area contributed by atoms with Gasteiger partial charge in [0.2, 0.25) is 0 Å². The lowest BCUT2D eigenvalue weighted by Gasteiger charge is -2.15. The standard InChI is InChI=1S/C13H16IN3OS/c1-13(2,3)19-7-11-16-12(18-17-11)9-6-8(14)4-5-10(9)15/h4-6H,7,15H2,1-3H3.